The Kier molecular flexibility index (Phi) is 20.7. The smallest absolute Gasteiger partial charge is 0.00675 e. The van der Waals surface area contributed by atoms with Crippen molar-refractivity contribution in [3.05, 3.63) is 6.92 Å². The molecule has 1 heteroatoms. The highest BCUT2D eigenvalue weighted by Gasteiger charge is 1.94. The number of thioether (sulfide) groups is 1. The average Bonchev–Trinajstić information content (AvgIpc) is 2.50. The Bertz CT molecular complexity index is 149. The molecule has 0 aromatic heterocycles. The lowest BCUT2D eigenvalue weighted by Crippen LogP contribution is -1.86. The van der Waals surface area contributed by atoms with Crippen molar-refractivity contribution in [1.29, 1.82) is 0 Å². The zero-order valence-electron chi connectivity index (χ0n) is 14.8. The maximum absolute atomic E-state index is 3.90. The third-order valence-corrected chi connectivity index (χ3v) is 5.34. The van der Waals surface area contributed by atoms with E-state index >= 15 is 0 Å². The molecule has 0 spiro atoms. The van der Waals surface area contributed by atoms with Crippen LogP contribution in [-0.4, -0.2) is 11.5 Å². The fraction of sp³-hybridized carbons (Fsp3) is 0.950. The minimum atomic E-state index is 1.12. The van der Waals surface area contributed by atoms with Crippen molar-refractivity contribution in [3.63, 3.8) is 0 Å². The van der Waals surface area contributed by atoms with E-state index in [1.807, 2.05) is 0 Å². The average molecular weight is 314 g/mol. The summed E-state index contributed by atoms with van der Waals surface area (Å²) in [5.74, 6) is 2.78. The van der Waals surface area contributed by atoms with Crippen LogP contribution in [0.1, 0.15) is 110 Å². The minimum Gasteiger partial charge on any atom is -0.162 e. The SMILES string of the molecule is [CH2]CCCCCCCCCCCCCCCSCCCC. The van der Waals surface area contributed by atoms with E-state index in [4.69, 9.17) is 0 Å². The van der Waals surface area contributed by atoms with Crippen molar-refractivity contribution in [2.45, 2.75) is 110 Å². The first kappa shape index (κ1) is 21.4. The van der Waals surface area contributed by atoms with E-state index in [1.54, 1.807) is 0 Å². The predicted molar refractivity (Wildman–Crippen MR) is 102 cm³/mol. The Hall–Kier alpha value is 0.350. The van der Waals surface area contributed by atoms with Gasteiger partial charge in [-0.2, -0.15) is 11.8 Å². The summed E-state index contributed by atoms with van der Waals surface area (Å²) >= 11 is 2.16. The van der Waals surface area contributed by atoms with Crippen molar-refractivity contribution in [2.24, 2.45) is 0 Å². The standard InChI is InChI=1S/C20H41S/c1-3-5-7-8-9-10-11-12-13-14-15-16-17-18-20-21-19-6-4-2/h1,3-20H2,2H3. The van der Waals surface area contributed by atoms with Gasteiger partial charge in [-0.1, -0.05) is 104 Å². The summed E-state index contributed by atoms with van der Waals surface area (Å²) < 4.78 is 0. The van der Waals surface area contributed by atoms with Crippen LogP contribution in [0.3, 0.4) is 0 Å². The van der Waals surface area contributed by atoms with Crippen molar-refractivity contribution in [1.82, 2.24) is 0 Å². The molecule has 0 aliphatic carbocycles. The normalized spacial score (nSPS) is 11.1. The molecule has 1 radical (unpaired) electrons. The topological polar surface area (TPSA) is 0 Å². The first-order valence-corrected chi connectivity index (χ1v) is 10.9. The van der Waals surface area contributed by atoms with Gasteiger partial charge in [-0.15, -0.1) is 0 Å². The zero-order valence-corrected chi connectivity index (χ0v) is 15.7. The van der Waals surface area contributed by atoms with Crippen LogP contribution >= 0.6 is 11.8 Å². The lowest BCUT2D eigenvalue weighted by molar-refractivity contribution is 0.540. The molecule has 0 saturated heterocycles. The summed E-state index contributed by atoms with van der Waals surface area (Å²) in [5, 5.41) is 0. The molecule has 0 saturated carbocycles. The van der Waals surface area contributed by atoms with Crippen LogP contribution < -0.4 is 0 Å². The van der Waals surface area contributed by atoms with Crippen LogP contribution in [0.4, 0.5) is 0 Å². The van der Waals surface area contributed by atoms with E-state index in [0.717, 1.165) is 6.42 Å². The summed E-state index contributed by atoms with van der Waals surface area (Å²) in [4.78, 5) is 0. The van der Waals surface area contributed by atoms with Gasteiger partial charge in [0.2, 0.25) is 0 Å². The fourth-order valence-electron chi connectivity index (χ4n) is 2.67. The van der Waals surface area contributed by atoms with Crippen molar-refractivity contribution >= 4 is 11.8 Å². The molecule has 0 unspecified atom stereocenters. The Balaban J connectivity index is 2.90. The first-order chi connectivity index (χ1) is 10.4. The first-order valence-electron chi connectivity index (χ1n) is 9.78. The monoisotopic (exact) mass is 313 g/mol. The molecule has 0 atom stereocenters. The molecule has 0 aliphatic rings. The molecule has 0 amide bonds. The van der Waals surface area contributed by atoms with Gasteiger partial charge in [0, 0.05) is 0 Å². The highest BCUT2D eigenvalue weighted by atomic mass is 32.2. The summed E-state index contributed by atoms with van der Waals surface area (Å²) in [5.41, 5.74) is 0. The summed E-state index contributed by atoms with van der Waals surface area (Å²) in [6, 6.07) is 0. The van der Waals surface area contributed by atoms with Gasteiger partial charge in [-0.05, 0) is 24.3 Å². The van der Waals surface area contributed by atoms with Crippen LogP contribution in [0.25, 0.3) is 0 Å². The lowest BCUT2D eigenvalue weighted by atomic mass is 10.0. The van der Waals surface area contributed by atoms with Gasteiger partial charge in [0.15, 0.2) is 0 Å². The Morgan fingerprint density at radius 2 is 0.905 bits per heavy atom. The Morgan fingerprint density at radius 3 is 1.33 bits per heavy atom. The third kappa shape index (κ3) is 20.4. The maximum atomic E-state index is 3.90. The van der Waals surface area contributed by atoms with Gasteiger partial charge in [0.1, 0.15) is 0 Å². The predicted octanol–water partition coefficient (Wildman–Crippen LogP) is 7.82. The highest BCUT2D eigenvalue weighted by molar-refractivity contribution is 7.99. The molecule has 0 N–H and O–H groups in total. The molecule has 0 bridgehead atoms. The van der Waals surface area contributed by atoms with Gasteiger partial charge >= 0.3 is 0 Å². The highest BCUT2D eigenvalue weighted by Crippen LogP contribution is 2.14. The van der Waals surface area contributed by atoms with Crippen LogP contribution in [-0.2, 0) is 0 Å². The minimum absolute atomic E-state index is 1.12. The van der Waals surface area contributed by atoms with E-state index < -0.39 is 0 Å². The number of hydrogen-bond donors (Lipinski definition) is 0. The number of rotatable bonds is 18. The third-order valence-electron chi connectivity index (χ3n) is 4.18. The molecular formula is C20H41S. The van der Waals surface area contributed by atoms with Gasteiger partial charge in [0.05, 0.1) is 0 Å². The maximum Gasteiger partial charge on any atom is -0.00675 e. The molecule has 0 fully saturated rings. The second kappa shape index (κ2) is 20.3. The molecular weight excluding hydrogens is 272 g/mol. The Labute approximate surface area is 140 Å². The van der Waals surface area contributed by atoms with Gasteiger partial charge in [-0.25, -0.2) is 0 Å². The molecule has 0 heterocycles. The summed E-state index contributed by atoms with van der Waals surface area (Å²) in [7, 11) is 0. The van der Waals surface area contributed by atoms with Crippen LogP contribution in [0.15, 0.2) is 0 Å². The van der Waals surface area contributed by atoms with E-state index in [0.29, 0.717) is 0 Å². The van der Waals surface area contributed by atoms with Crippen LogP contribution in [0.5, 0.6) is 0 Å². The summed E-state index contributed by atoms with van der Waals surface area (Å²) in [6.07, 6.45) is 22.7. The second-order valence-electron chi connectivity index (χ2n) is 6.42. The van der Waals surface area contributed by atoms with Crippen molar-refractivity contribution < 1.29 is 0 Å². The molecule has 21 heavy (non-hydrogen) atoms. The van der Waals surface area contributed by atoms with Crippen molar-refractivity contribution in [3.8, 4) is 0 Å². The van der Waals surface area contributed by atoms with Crippen molar-refractivity contribution in [2.75, 3.05) is 11.5 Å². The zero-order chi connectivity index (χ0) is 15.4. The largest absolute Gasteiger partial charge is 0.162 e. The molecule has 0 rings (SSSR count). The van der Waals surface area contributed by atoms with Crippen LogP contribution in [0, 0.1) is 6.92 Å². The van der Waals surface area contributed by atoms with E-state index in [1.165, 1.54) is 108 Å². The van der Waals surface area contributed by atoms with Gasteiger partial charge in [0.25, 0.3) is 0 Å². The molecule has 0 aromatic rings. The Morgan fingerprint density at radius 1 is 0.524 bits per heavy atom. The quantitative estimate of drug-likeness (QED) is 0.232. The van der Waals surface area contributed by atoms with Gasteiger partial charge in [-0.3, -0.25) is 0 Å². The second-order valence-corrected chi connectivity index (χ2v) is 7.64. The lowest BCUT2D eigenvalue weighted by Gasteiger charge is -2.03. The van der Waals surface area contributed by atoms with E-state index in [9.17, 15) is 0 Å². The van der Waals surface area contributed by atoms with Gasteiger partial charge < -0.3 is 0 Å². The molecule has 127 valence electrons. The molecule has 0 aromatic carbocycles. The number of unbranched alkanes of at least 4 members (excludes halogenated alkanes) is 14. The fourth-order valence-corrected chi connectivity index (χ4v) is 3.78. The van der Waals surface area contributed by atoms with E-state index in [-0.39, 0.29) is 0 Å². The van der Waals surface area contributed by atoms with E-state index in [2.05, 4.69) is 25.6 Å². The summed E-state index contributed by atoms with van der Waals surface area (Å²) in [6.45, 7) is 6.18. The molecule has 0 nitrogen and oxygen atoms in total. The van der Waals surface area contributed by atoms with Crippen LogP contribution in [0.2, 0.25) is 0 Å². The number of hydrogen-bond acceptors (Lipinski definition) is 1. The molecule has 0 aliphatic heterocycles.